The Labute approximate surface area is 68.6 Å². The van der Waals surface area contributed by atoms with Gasteiger partial charge >= 0.3 is 0 Å². The Hall–Kier alpha value is -0.370. The Kier molecular flexibility index (Phi) is 3.57. The fourth-order valence-electron chi connectivity index (χ4n) is 1.84. The molecule has 0 saturated heterocycles. The second-order valence-corrected chi connectivity index (χ2v) is 3.54. The third-order valence-electron chi connectivity index (χ3n) is 2.43. The fraction of sp³-hybridized carbons (Fsp3) is 0.889. The summed E-state index contributed by atoms with van der Waals surface area (Å²) in [6.45, 7) is 1.70. The summed E-state index contributed by atoms with van der Waals surface area (Å²) < 4.78 is 0. The monoisotopic (exact) mass is 155 g/mol. The van der Waals surface area contributed by atoms with E-state index in [1.165, 1.54) is 25.7 Å². The summed E-state index contributed by atoms with van der Waals surface area (Å²) in [5.41, 5.74) is 0. The quantitative estimate of drug-likeness (QED) is 0.570. The summed E-state index contributed by atoms with van der Waals surface area (Å²) in [6.07, 6.45) is 6.49. The van der Waals surface area contributed by atoms with E-state index in [-0.39, 0.29) is 0 Å². The van der Waals surface area contributed by atoms with Crippen LogP contribution in [0.25, 0.3) is 0 Å². The smallest absolute Gasteiger partial charge is 0.133 e. The molecule has 1 saturated carbocycles. The average Bonchev–Trinajstić information content (AvgIpc) is 2.40. The lowest BCUT2D eigenvalue weighted by atomic mass is 10.1. The molecule has 2 heteroatoms. The minimum Gasteiger partial charge on any atom is -0.302 e. The maximum Gasteiger partial charge on any atom is 0.133 e. The van der Waals surface area contributed by atoms with E-state index in [0.717, 1.165) is 18.7 Å². The topological polar surface area (TPSA) is 20.3 Å². The van der Waals surface area contributed by atoms with E-state index < -0.39 is 0 Å². The van der Waals surface area contributed by atoms with Crippen molar-refractivity contribution in [2.45, 2.75) is 25.7 Å². The molecule has 1 aliphatic rings. The first-order chi connectivity index (χ1) is 5.33. The molecule has 0 amide bonds. The maximum atomic E-state index is 10.1. The highest BCUT2D eigenvalue weighted by Crippen LogP contribution is 2.24. The van der Waals surface area contributed by atoms with Crippen molar-refractivity contribution in [3.05, 3.63) is 0 Å². The van der Waals surface area contributed by atoms with Gasteiger partial charge in [-0.1, -0.05) is 12.8 Å². The molecular weight excluding hydrogens is 138 g/mol. The van der Waals surface area contributed by atoms with Gasteiger partial charge in [-0.2, -0.15) is 0 Å². The number of nitrogens with zero attached hydrogens (tertiary/aromatic N) is 1. The lowest BCUT2D eigenvalue weighted by Crippen LogP contribution is -2.26. The van der Waals surface area contributed by atoms with Crippen LogP contribution in [0.1, 0.15) is 25.7 Å². The van der Waals surface area contributed by atoms with Gasteiger partial charge in [0.05, 0.1) is 6.54 Å². The first-order valence-electron chi connectivity index (χ1n) is 4.45. The van der Waals surface area contributed by atoms with Crippen molar-refractivity contribution >= 4 is 6.29 Å². The Morgan fingerprint density at radius 2 is 2.09 bits per heavy atom. The van der Waals surface area contributed by atoms with Crippen LogP contribution in [0.2, 0.25) is 0 Å². The largest absolute Gasteiger partial charge is 0.302 e. The molecule has 0 N–H and O–H groups in total. The molecule has 0 aliphatic heterocycles. The summed E-state index contributed by atoms with van der Waals surface area (Å²) in [4.78, 5) is 12.3. The van der Waals surface area contributed by atoms with Gasteiger partial charge in [0.15, 0.2) is 0 Å². The van der Waals surface area contributed by atoms with Gasteiger partial charge in [-0.15, -0.1) is 0 Å². The van der Waals surface area contributed by atoms with Gasteiger partial charge in [-0.25, -0.2) is 0 Å². The van der Waals surface area contributed by atoms with Crippen molar-refractivity contribution in [1.82, 2.24) is 4.90 Å². The number of carbonyl (C=O) groups is 1. The zero-order valence-corrected chi connectivity index (χ0v) is 7.25. The summed E-state index contributed by atoms with van der Waals surface area (Å²) in [6, 6.07) is 0. The van der Waals surface area contributed by atoms with Crippen molar-refractivity contribution in [3.63, 3.8) is 0 Å². The van der Waals surface area contributed by atoms with Crippen molar-refractivity contribution < 1.29 is 4.79 Å². The van der Waals surface area contributed by atoms with Gasteiger partial charge in [0, 0.05) is 6.54 Å². The first kappa shape index (κ1) is 8.72. The van der Waals surface area contributed by atoms with Gasteiger partial charge in [-0.3, -0.25) is 4.90 Å². The van der Waals surface area contributed by atoms with E-state index in [4.69, 9.17) is 0 Å². The lowest BCUT2D eigenvalue weighted by Gasteiger charge is -2.17. The molecule has 1 fully saturated rings. The van der Waals surface area contributed by atoms with Gasteiger partial charge in [0.25, 0.3) is 0 Å². The number of rotatable bonds is 4. The molecule has 0 radical (unpaired) electrons. The van der Waals surface area contributed by atoms with Crippen LogP contribution in [-0.4, -0.2) is 31.3 Å². The van der Waals surface area contributed by atoms with Gasteiger partial charge < -0.3 is 4.79 Å². The van der Waals surface area contributed by atoms with Crippen LogP contribution in [-0.2, 0) is 4.79 Å². The van der Waals surface area contributed by atoms with Crippen molar-refractivity contribution in [2.75, 3.05) is 20.1 Å². The van der Waals surface area contributed by atoms with Crippen LogP contribution >= 0.6 is 0 Å². The number of hydrogen-bond donors (Lipinski definition) is 0. The summed E-state index contributed by atoms with van der Waals surface area (Å²) >= 11 is 0. The highest BCUT2D eigenvalue weighted by Gasteiger charge is 2.15. The van der Waals surface area contributed by atoms with E-state index in [1.54, 1.807) is 0 Å². The third-order valence-corrected chi connectivity index (χ3v) is 2.43. The predicted molar refractivity (Wildman–Crippen MR) is 45.5 cm³/mol. The van der Waals surface area contributed by atoms with Crippen LogP contribution in [0.15, 0.2) is 0 Å². The zero-order valence-electron chi connectivity index (χ0n) is 7.25. The van der Waals surface area contributed by atoms with Crippen LogP contribution in [0.4, 0.5) is 0 Å². The minimum atomic E-state index is 0.594. The Morgan fingerprint density at radius 3 is 2.64 bits per heavy atom. The molecule has 64 valence electrons. The predicted octanol–water partition coefficient (Wildman–Crippen LogP) is 1.31. The molecule has 11 heavy (non-hydrogen) atoms. The second kappa shape index (κ2) is 4.50. The summed E-state index contributed by atoms with van der Waals surface area (Å²) in [5, 5.41) is 0. The molecule has 0 bridgehead atoms. The minimum absolute atomic E-state index is 0.594. The molecule has 1 rings (SSSR count). The number of hydrogen-bond acceptors (Lipinski definition) is 2. The molecule has 0 heterocycles. The van der Waals surface area contributed by atoms with Crippen LogP contribution < -0.4 is 0 Å². The van der Waals surface area contributed by atoms with Crippen molar-refractivity contribution in [1.29, 1.82) is 0 Å². The fourth-order valence-corrected chi connectivity index (χ4v) is 1.84. The highest BCUT2D eigenvalue weighted by molar-refractivity contribution is 5.51. The summed E-state index contributed by atoms with van der Waals surface area (Å²) in [5.74, 6) is 0.861. The molecule has 0 aromatic rings. The Morgan fingerprint density at radius 1 is 1.45 bits per heavy atom. The third kappa shape index (κ3) is 3.02. The maximum absolute atomic E-state index is 10.1. The molecule has 0 aromatic carbocycles. The van der Waals surface area contributed by atoms with Crippen LogP contribution in [0, 0.1) is 5.92 Å². The molecule has 0 spiro atoms. The van der Waals surface area contributed by atoms with Gasteiger partial charge in [0.1, 0.15) is 6.29 Å². The second-order valence-electron chi connectivity index (χ2n) is 3.54. The van der Waals surface area contributed by atoms with E-state index in [1.807, 2.05) is 7.05 Å². The molecule has 0 atom stereocenters. The molecule has 0 aromatic heterocycles. The molecule has 1 aliphatic carbocycles. The molecule has 0 unspecified atom stereocenters. The SMILES string of the molecule is CN(CC=O)CC1CCCC1. The Bertz CT molecular complexity index is 119. The van der Waals surface area contributed by atoms with E-state index in [0.29, 0.717) is 6.54 Å². The van der Waals surface area contributed by atoms with Crippen LogP contribution in [0.3, 0.4) is 0 Å². The van der Waals surface area contributed by atoms with Crippen molar-refractivity contribution in [3.8, 4) is 0 Å². The van der Waals surface area contributed by atoms with Gasteiger partial charge in [0.2, 0.25) is 0 Å². The van der Waals surface area contributed by atoms with E-state index in [9.17, 15) is 4.79 Å². The lowest BCUT2D eigenvalue weighted by molar-refractivity contribution is -0.108. The van der Waals surface area contributed by atoms with Crippen LogP contribution in [0.5, 0.6) is 0 Å². The number of likely N-dealkylation sites (N-methyl/N-ethyl adjacent to an activating group) is 1. The highest BCUT2D eigenvalue weighted by atomic mass is 16.1. The van der Waals surface area contributed by atoms with E-state index in [2.05, 4.69) is 4.90 Å². The van der Waals surface area contributed by atoms with E-state index >= 15 is 0 Å². The zero-order chi connectivity index (χ0) is 8.10. The molecule has 2 nitrogen and oxygen atoms in total. The normalized spacial score (nSPS) is 19.5. The van der Waals surface area contributed by atoms with Gasteiger partial charge in [-0.05, 0) is 25.8 Å². The number of carbonyl (C=O) groups excluding carboxylic acids is 1. The summed E-state index contributed by atoms with van der Waals surface area (Å²) in [7, 11) is 2.02. The standard InChI is InChI=1S/C9H17NO/c1-10(6-7-11)8-9-4-2-3-5-9/h7,9H,2-6,8H2,1H3. The molecular formula is C9H17NO. The number of aldehydes is 1. The Balaban J connectivity index is 2.12. The average molecular weight is 155 g/mol. The van der Waals surface area contributed by atoms with Crippen molar-refractivity contribution in [2.24, 2.45) is 5.92 Å². The first-order valence-corrected chi connectivity index (χ1v) is 4.45.